The van der Waals surface area contributed by atoms with Crippen LogP contribution in [0.25, 0.3) is 11.5 Å². The molecule has 96 valence electrons. The Hall–Kier alpha value is -1.13. The monoisotopic (exact) mass is 308 g/mol. The average Bonchev–Trinajstić information content (AvgIpc) is 2.75. The summed E-state index contributed by atoms with van der Waals surface area (Å²) in [5.41, 5.74) is 1.96. The van der Waals surface area contributed by atoms with E-state index in [1.54, 1.807) is 6.26 Å². The van der Waals surface area contributed by atoms with Gasteiger partial charge in [0.2, 0.25) is 5.89 Å². The van der Waals surface area contributed by atoms with E-state index >= 15 is 0 Å². The van der Waals surface area contributed by atoms with Gasteiger partial charge < -0.3 is 9.73 Å². The van der Waals surface area contributed by atoms with Crippen LogP contribution in [0.3, 0.4) is 0 Å². The molecule has 0 spiro atoms. The third-order valence-corrected chi connectivity index (χ3v) is 3.15. The summed E-state index contributed by atoms with van der Waals surface area (Å²) in [5.74, 6) is 0.646. The molecule has 0 unspecified atom stereocenters. The molecular weight excluding hydrogens is 292 g/mol. The first kappa shape index (κ1) is 13.3. The average molecular weight is 309 g/mol. The Morgan fingerprint density at radius 1 is 1.28 bits per heavy atom. The van der Waals surface area contributed by atoms with E-state index in [0.717, 1.165) is 15.7 Å². The lowest BCUT2D eigenvalue weighted by atomic mass is 10.1. The van der Waals surface area contributed by atoms with Gasteiger partial charge in [0.25, 0.3) is 0 Å². The summed E-state index contributed by atoms with van der Waals surface area (Å²) in [6.07, 6.45) is 1.70. The summed E-state index contributed by atoms with van der Waals surface area (Å²) in [7, 11) is 0. The first-order valence-corrected chi connectivity index (χ1v) is 6.69. The number of nitrogens with zero attached hydrogens (tertiary/aromatic N) is 1. The lowest BCUT2D eigenvalue weighted by Crippen LogP contribution is -2.35. The van der Waals surface area contributed by atoms with Gasteiger partial charge in [-0.15, -0.1) is 0 Å². The van der Waals surface area contributed by atoms with E-state index in [4.69, 9.17) is 4.42 Å². The molecule has 0 atom stereocenters. The number of benzene rings is 1. The summed E-state index contributed by atoms with van der Waals surface area (Å²) < 4.78 is 6.50. The van der Waals surface area contributed by atoms with E-state index in [1.165, 1.54) is 0 Å². The van der Waals surface area contributed by atoms with Crippen molar-refractivity contribution in [1.82, 2.24) is 10.3 Å². The highest BCUT2D eigenvalue weighted by atomic mass is 79.9. The van der Waals surface area contributed by atoms with Crippen LogP contribution in [0.1, 0.15) is 26.5 Å². The van der Waals surface area contributed by atoms with E-state index in [9.17, 15) is 0 Å². The molecule has 4 heteroatoms. The molecule has 0 bridgehead atoms. The van der Waals surface area contributed by atoms with Crippen LogP contribution in [0.5, 0.6) is 0 Å². The Bertz CT molecular complexity index is 529. The fourth-order valence-electron chi connectivity index (χ4n) is 1.50. The van der Waals surface area contributed by atoms with Gasteiger partial charge in [0.05, 0.1) is 11.3 Å². The smallest absolute Gasteiger partial charge is 0.227 e. The number of hydrogen-bond donors (Lipinski definition) is 1. The zero-order valence-corrected chi connectivity index (χ0v) is 12.4. The molecule has 0 aliphatic carbocycles. The molecule has 0 saturated heterocycles. The van der Waals surface area contributed by atoms with Crippen molar-refractivity contribution in [2.45, 2.75) is 32.9 Å². The van der Waals surface area contributed by atoms with Gasteiger partial charge in [-0.05, 0) is 48.8 Å². The molecular formula is C14H17BrN2O. The van der Waals surface area contributed by atoms with Crippen molar-refractivity contribution >= 4 is 15.9 Å². The van der Waals surface area contributed by atoms with Crippen LogP contribution < -0.4 is 5.32 Å². The standard InChI is InChI=1S/C14H17BrN2O/c1-14(2,3)16-8-10-9-18-13(17-10)11-6-4-5-7-12(11)15/h4-7,9,16H,8H2,1-3H3. The summed E-state index contributed by atoms with van der Waals surface area (Å²) in [5, 5.41) is 3.38. The van der Waals surface area contributed by atoms with Crippen molar-refractivity contribution in [3.05, 3.63) is 40.7 Å². The van der Waals surface area contributed by atoms with Crippen LogP contribution in [0.15, 0.2) is 39.4 Å². The van der Waals surface area contributed by atoms with Crippen LogP contribution in [0.4, 0.5) is 0 Å². The molecule has 1 aromatic carbocycles. The normalized spacial score (nSPS) is 11.8. The summed E-state index contributed by atoms with van der Waals surface area (Å²) in [4.78, 5) is 4.49. The highest BCUT2D eigenvalue weighted by Gasteiger charge is 2.12. The van der Waals surface area contributed by atoms with Gasteiger partial charge in [0, 0.05) is 16.6 Å². The van der Waals surface area contributed by atoms with Gasteiger partial charge in [0.1, 0.15) is 6.26 Å². The van der Waals surface area contributed by atoms with E-state index in [-0.39, 0.29) is 5.54 Å². The van der Waals surface area contributed by atoms with E-state index in [2.05, 4.69) is 47.0 Å². The predicted octanol–water partition coefficient (Wildman–Crippen LogP) is 3.99. The Kier molecular flexibility index (Phi) is 3.88. The summed E-state index contributed by atoms with van der Waals surface area (Å²) in [6.45, 7) is 7.09. The zero-order valence-electron chi connectivity index (χ0n) is 10.8. The largest absolute Gasteiger partial charge is 0.444 e. The molecule has 2 aromatic rings. The molecule has 18 heavy (non-hydrogen) atoms. The number of nitrogens with one attached hydrogen (secondary N) is 1. The van der Waals surface area contributed by atoms with Crippen LogP contribution in [0.2, 0.25) is 0 Å². The molecule has 0 radical (unpaired) electrons. The van der Waals surface area contributed by atoms with E-state index in [1.807, 2.05) is 24.3 Å². The molecule has 0 fully saturated rings. The maximum Gasteiger partial charge on any atom is 0.227 e. The molecule has 1 aromatic heterocycles. The van der Waals surface area contributed by atoms with Gasteiger partial charge in [0.15, 0.2) is 0 Å². The fraction of sp³-hybridized carbons (Fsp3) is 0.357. The van der Waals surface area contributed by atoms with Crippen molar-refractivity contribution in [1.29, 1.82) is 0 Å². The van der Waals surface area contributed by atoms with Gasteiger partial charge in [-0.25, -0.2) is 4.98 Å². The molecule has 1 heterocycles. The van der Waals surface area contributed by atoms with Gasteiger partial charge in [-0.3, -0.25) is 0 Å². The van der Waals surface area contributed by atoms with Crippen molar-refractivity contribution in [3.63, 3.8) is 0 Å². The van der Waals surface area contributed by atoms with Crippen molar-refractivity contribution in [3.8, 4) is 11.5 Å². The Morgan fingerprint density at radius 2 is 2.00 bits per heavy atom. The number of oxazole rings is 1. The maximum atomic E-state index is 5.52. The SMILES string of the molecule is CC(C)(C)NCc1coc(-c2ccccc2Br)n1. The highest BCUT2D eigenvalue weighted by molar-refractivity contribution is 9.10. The number of halogens is 1. The van der Waals surface area contributed by atoms with Crippen molar-refractivity contribution in [2.24, 2.45) is 0 Å². The second-order valence-electron chi connectivity index (χ2n) is 5.23. The summed E-state index contributed by atoms with van der Waals surface area (Å²) in [6, 6.07) is 7.90. The highest BCUT2D eigenvalue weighted by Crippen LogP contribution is 2.27. The molecule has 1 N–H and O–H groups in total. The number of hydrogen-bond acceptors (Lipinski definition) is 3. The van der Waals surface area contributed by atoms with Crippen LogP contribution in [-0.2, 0) is 6.54 Å². The predicted molar refractivity (Wildman–Crippen MR) is 76.2 cm³/mol. The minimum Gasteiger partial charge on any atom is -0.444 e. The zero-order chi connectivity index (χ0) is 13.2. The van der Waals surface area contributed by atoms with Gasteiger partial charge in [-0.1, -0.05) is 12.1 Å². The molecule has 0 aliphatic heterocycles. The fourth-order valence-corrected chi connectivity index (χ4v) is 1.96. The second-order valence-corrected chi connectivity index (χ2v) is 6.08. The molecule has 0 amide bonds. The van der Waals surface area contributed by atoms with Crippen molar-refractivity contribution < 1.29 is 4.42 Å². The third kappa shape index (κ3) is 3.43. The molecule has 0 aliphatic rings. The van der Waals surface area contributed by atoms with Crippen LogP contribution in [-0.4, -0.2) is 10.5 Å². The number of rotatable bonds is 3. The first-order chi connectivity index (χ1) is 8.46. The minimum absolute atomic E-state index is 0.0758. The Labute approximate surface area is 116 Å². The molecule has 3 nitrogen and oxygen atoms in total. The third-order valence-electron chi connectivity index (χ3n) is 2.46. The second kappa shape index (κ2) is 5.24. The van der Waals surface area contributed by atoms with Crippen LogP contribution in [0, 0.1) is 0 Å². The number of aromatic nitrogens is 1. The topological polar surface area (TPSA) is 38.1 Å². The van der Waals surface area contributed by atoms with Gasteiger partial charge in [-0.2, -0.15) is 0 Å². The van der Waals surface area contributed by atoms with E-state index in [0.29, 0.717) is 12.4 Å². The molecule has 2 rings (SSSR count). The lowest BCUT2D eigenvalue weighted by molar-refractivity contribution is 0.421. The Balaban J connectivity index is 2.14. The quantitative estimate of drug-likeness (QED) is 0.931. The molecule has 0 saturated carbocycles. The minimum atomic E-state index is 0.0758. The lowest BCUT2D eigenvalue weighted by Gasteiger charge is -2.19. The van der Waals surface area contributed by atoms with Crippen molar-refractivity contribution in [2.75, 3.05) is 0 Å². The maximum absolute atomic E-state index is 5.52. The Morgan fingerprint density at radius 3 is 2.67 bits per heavy atom. The van der Waals surface area contributed by atoms with Crippen LogP contribution >= 0.6 is 15.9 Å². The first-order valence-electron chi connectivity index (χ1n) is 5.90. The van der Waals surface area contributed by atoms with Gasteiger partial charge >= 0.3 is 0 Å². The summed E-state index contributed by atoms with van der Waals surface area (Å²) >= 11 is 3.50. The van der Waals surface area contributed by atoms with E-state index < -0.39 is 0 Å².